The minimum atomic E-state index is -1.73. The van der Waals surface area contributed by atoms with Gasteiger partial charge in [-0.05, 0) is 19.9 Å². The normalized spacial score (nSPS) is 21.3. The lowest BCUT2D eigenvalue weighted by molar-refractivity contribution is -0.141. The van der Waals surface area contributed by atoms with Gasteiger partial charge >= 0.3 is 5.97 Å². The number of allylic oxidation sites excluding steroid dienone is 1. The molecule has 0 saturated heterocycles. The van der Waals surface area contributed by atoms with Gasteiger partial charge < -0.3 is 19.9 Å². The summed E-state index contributed by atoms with van der Waals surface area (Å²) >= 11 is 0. The number of hydrogen-bond acceptors (Lipinski definition) is 7. The van der Waals surface area contributed by atoms with Gasteiger partial charge in [-0.1, -0.05) is 18.2 Å². The minimum Gasteiger partial charge on any atom is -0.462 e. The van der Waals surface area contributed by atoms with Crippen LogP contribution in [0.1, 0.15) is 19.4 Å². The Morgan fingerprint density at radius 2 is 2.11 bits per heavy atom. The minimum absolute atomic E-state index is 0.0494. The van der Waals surface area contributed by atoms with Crippen LogP contribution in [0.2, 0.25) is 0 Å². The summed E-state index contributed by atoms with van der Waals surface area (Å²) in [5, 5.41) is 9.82. The zero-order valence-electron chi connectivity index (χ0n) is 15.2. The van der Waals surface area contributed by atoms with Crippen LogP contribution >= 0.6 is 0 Å². The lowest BCUT2D eigenvalue weighted by Crippen LogP contribution is -2.48. The molecule has 27 heavy (non-hydrogen) atoms. The number of nitrogens with zero attached hydrogens (tertiary/aromatic N) is 2. The third-order valence-corrected chi connectivity index (χ3v) is 4.63. The van der Waals surface area contributed by atoms with Crippen molar-refractivity contribution >= 4 is 17.6 Å². The average molecular weight is 369 g/mol. The molecule has 0 radical (unpaired) electrons. The molecule has 1 aromatic rings. The molecular weight excluding hydrogens is 350 g/mol. The highest BCUT2D eigenvalue weighted by molar-refractivity contribution is 6.18. The van der Waals surface area contributed by atoms with E-state index < -0.39 is 17.3 Å². The van der Waals surface area contributed by atoms with Gasteiger partial charge in [0.25, 0.3) is 0 Å². The smallest absolute Gasteiger partial charge is 0.339 e. The van der Waals surface area contributed by atoms with Crippen molar-refractivity contribution in [3.8, 4) is 6.07 Å². The number of esters is 1. The molecule has 1 amide bonds. The number of anilines is 1. The van der Waals surface area contributed by atoms with Gasteiger partial charge in [-0.2, -0.15) is 5.26 Å². The summed E-state index contributed by atoms with van der Waals surface area (Å²) in [4.78, 5) is 27.8. The Balaban J connectivity index is 2.40. The molecule has 2 heterocycles. The number of amides is 1. The predicted octanol–water partition coefficient (Wildman–Crippen LogP) is 1.44. The number of carbonyl (C=O) groups is 2. The predicted molar refractivity (Wildman–Crippen MR) is 94.7 cm³/mol. The lowest BCUT2D eigenvalue weighted by Gasteiger charge is -2.34. The monoisotopic (exact) mass is 369 g/mol. The van der Waals surface area contributed by atoms with E-state index in [4.69, 9.17) is 19.9 Å². The Kier molecular flexibility index (Phi) is 4.64. The van der Waals surface area contributed by atoms with Gasteiger partial charge in [-0.25, -0.2) is 4.79 Å². The Hall–Kier alpha value is -3.31. The lowest BCUT2D eigenvalue weighted by atomic mass is 9.68. The number of ether oxygens (including phenoxy) is 3. The maximum absolute atomic E-state index is 13.6. The maximum Gasteiger partial charge on any atom is 0.339 e. The molecule has 1 aromatic carbocycles. The summed E-state index contributed by atoms with van der Waals surface area (Å²) in [7, 11) is 1.45. The van der Waals surface area contributed by atoms with Crippen LogP contribution < -0.4 is 10.6 Å². The summed E-state index contributed by atoms with van der Waals surface area (Å²) in [5.74, 6) is -1.36. The topological polar surface area (TPSA) is 115 Å². The standard InChI is InChI=1S/C19H19N3O5/c1-4-26-17(23)15-11(2)27-16(21)13(9-20)19(15)12-7-5-6-8-14(12)22(10-25-3)18(19)24/h5-8H,4,10,21H2,1-3H3/t19-/m1/s1. The molecule has 1 spiro atoms. The zero-order chi connectivity index (χ0) is 19.8. The molecule has 8 nitrogen and oxygen atoms in total. The highest BCUT2D eigenvalue weighted by atomic mass is 16.5. The van der Waals surface area contributed by atoms with Crippen LogP contribution in [0.5, 0.6) is 0 Å². The van der Waals surface area contributed by atoms with E-state index in [1.807, 2.05) is 6.07 Å². The van der Waals surface area contributed by atoms with E-state index in [1.165, 1.54) is 18.9 Å². The molecule has 140 valence electrons. The molecule has 8 heteroatoms. The number of nitrogens with two attached hydrogens (primary N) is 1. The molecule has 2 N–H and O–H groups in total. The molecule has 0 bridgehead atoms. The summed E-state index contributed by atoms with van der Waals surface area (Å²) in [6.07, 6.45) is 0. The summed E-state index contributed by atoms with van der Waals surface area (Å²) in [5.41, 5.74) is 5.01. The summed E-state index contributed by atoms with van der Waals surface area (Å²) < 4.78 is 15.8. The molecule has 0 unspecified atom stereocenters. The second kappa shape index (κ2) is 6.78. The first-order valence-electron chi connectivity index (χ1n) is 8.32. The summed E-state index contributed by atoms with van der Waals surface area (Å²) in [6.45, 7) is 3.22. The molecule has 2 aliphatic heterocycles. The van der Waals surface area contributed by atoms with E-state index >= 15 is 0 Å². The fraction of sp³-hybridized carbons (Fsp3) is 0.316. The second-order valence-electron chi connectivity index (χ2n) is 6.02. The van der Waals surface area contributed by atoms with Crippen LogP contribution in [-0.2, 0) is 29.2 Å². The number of hydrogen-bond donors (Lipinski definition) is 1. The van der Waals surface area contributed by atoms with E-state index in [1.54, 1.807) is 31.2 Å². The van der Waals surface area contributed by atoms with Crippen LogP contribution in [0.3, 0.4) is 0 Å². The third kappa shape index (κ3) is 2.39. The van der Waals surface area contributed by atoms with Crippen molar-refractivity contribution < 1.29 is 23.8 Å². The fourth-order valence-corrected chi connectivity index (χ4v) is 3.67. The van der Waals surface area contributed by atoms with Gasteiger partial charge in [0.05, 0.1) is 12.3 Å². The Morgan fingerprint density at radius 1 is 1.41 bits per heavy atom. The second-order valence-corrected chi connectivity index (χ2v) is 6.02. The number of rotatable bonds is 4. The van der Waals surface area contributed by atoms with Gasteiger partial charge in [0.2, 0.25) is 11.8 Å². The Bertz CT molecular complexity index is 928. The zero-order valence-corrected chi connectivity index (χ0v) is 15.2. The van der Waals surface area contributed by atoms with Crippen molar-refractivity contribution in [2.75, 3.05) is 25.3 Å². The SMILES string of the molecule is CCOC(=O)C1=C(C)OC(N)=C(C#N)[C@@]12C(=O)N(COC)c1ccccc12. The van der Waals surface area contributed by atoms with Crippen molar-refractivity contribution in [3.05, 3.63) is 52.6 Å². The fourth-order valence-electron chi connectivity index (χ4n) is 3.67. The van der Waals surface area contributed by atoms with Crippen LogP contribution in [0, 0.1) is 11.3 Å². The van der Waals surface area contributed by atoms with E-state index in [-0.39, 0.29) is 36.1 Å². The Labute approximate surface area is 156 Å². The van der Waals surface area contributed by atoms with Gasteiger partial charge in [0.1, 0.15) is 29.7 Å². The van der Waals surface area contributed by atoms with Crippen molar-refractivity contribution in [2.24, 2.45) is 5.73 Å². The highest BCUT2D eigenvalue weighted by Gasteiger charge is 2.62. The van der Waals surface area contributed by atoms with Crippen molar-refractivity contribution in [1.82, 2.24) is 0 Å². The average Bonchev–Trinajstić information content (AvgIpc) is 2.86. The number of para-hydroxylation sites is 1. The number of nitriles is 1. The van der Waals surface area contributed by atoms with Gasteiger partial charge in [0.15, 0.2) is 5.41 Å². The van der Waals surface area contributed by atoms with E-state index in [2.05, 4.69) is 0 Å². The van der Waals surface area contributed by atoms with E-state index in [0.29, 0.717) is 11.3 Å². The third-order valence-electron chi connectivity index (χ3n) is 4.63. The molecule has 0 saturated carbocycles. The summed E-state index contributed by atoms with van der Waals surface area (Å²) in [6, 6.07) is 8.86. The number of carbonyl (C=O) groups excluding carboxylic acids is 2. The van der Waals surface area contributed by atoms with Crippen molar-refractivity contribution in [3.63, 3.8) is 0 Å². The maximum atomic E-state index is 13.6. The molecular formula is C19H19N3O5. The van der Waals surface area contributed by atoms with Crippen molar-refractivity contribution in [2.45, 2.75) is 19.3 Å². The van der Waals surface area contributed by atoms with Crippen LogP contribution in [0.25, 0.3) is 0 Å². The Morgan fingerprint density at radius 3 is 2.74 bits per heavy atom. The first kappa shape index (κ1) is 18.5. The van der Waals surface area contributed by atoms with Crippen LogP contribution in [0.4, 0.5) is 5.69 Å². The molecule has 3 rings (SSSR count). The number of benzene rings is 1. The molecule has 0 aromatic heterocycles. The first-order valence-corrected chi connectivity index (χ1v) is 8.32. The van der Waals surface area contributed by atoms with E-state index in [9.17, 15) is 14.9 Å². The van der Waals surface area contributed by atoms with Gasteiger partial charge in [-0.3, -0.25) is 9.69 Å². The van der Waals surface area contributed by atoms with Gasteiger partial charge in [-0.15, -0.1) is 0 Å². The molecule has 1 atom stereocenters. The molecule has 0 aliphatic carbocycles. The highest BCUT2D eigenvalue weighted by Crippen LogP contribution is 2.53. The number of methoxy groups -OCH3 is 1. The van der Waals surface area contributed by atoms with Crippen LogP contribution in [-0.4, -0.2) is 32.3 Å². The van der Waals surface area contributed by atoms with Gasteiger partial charge in [0, 0.05) is 12.7 Å². The largest absolute Gasteiger partial charge is 0.462 e. The first-order chi connectivity index (χ1) is 12.9. The molecule has 0 fully saturated rings. The van der Waals surface area contributed by atoms with Crippen LogP contribution in [0.15, 0.2) is 47.1 Å². The van der Waals surface area contributed by atoms with E-state index in [0.717, 1.165) is 0 Å². The quantitative estimate of drug-likeness (QED) is 0.799. The molecule has 2 aliphatic rings. The van der Waals surface area contributed by atoms with Crippen molar-refractivity contribution in [1.29, 1.82) is 5.26 Å². The number of fused-ring (bicyclic) bond motifs is 2.